The van der Waals surface area contributed by atoms with Gasteiger partial charge in [0.05, 0.1) is 27.9 Å². The Morgan fingerprint density at radius 3 is 2.15 bits per heavy atom. The van der Waals surface area contributed by atoms with Crippen LogP contribution in [0.4, 0.5) is 0 Å². The lowest BCUT2D eigenvalue weighted by molar-refractivity contribution is -0.120. The van der Waals surface area contributed by atoms with Crippen molar-refractivity contribution < 1.29 is 23.8 Å². The maximum absolute atomic E-state index is 12.2. The van der Waals surface area contributed by atoms with E-state index in [1.54, 1.807) is 25.3 Å². The monoisotopic (exact) mass is 372 g/mol. The summed E-state index contributed by atoms with van der Waals surface area (Å²) in [5, 5.41) is 5.36. The van der Waals surface area contributed by atoms with Gasteiger partial charge in [-0.05, 0) is 36.2 Å². The minimum atomic E-state index is -0.379. The summed E-state index contributed by atoms with van der Waals surface area (Å²) in [6.45, 7) is 0.353. The maximum Gasteiger partial charge on any atom is 0.251 e. The highest BCUT2D eigenvalue weighted by atomic mass is 16.5. The predicted molar refractivity (Wildman–Crippen MR) is 102 cm³/mol. The van der Waals surface area contributed by atoms with E-state index in [2.05, 4.69) is 10.6 Å². The van der Waals surface area contributed by atoms with Crippen molar-refractivity contribution in [2.75, 3.05) is 34.4 Å². The first-order valence-corrected chi connectivity index (χ1v) is 8.46. The second kappa shape index (κ2) is 10.1. The summed E-state index contributed by atoms with van der Waals surface area (Å²) in [6, 6.07) is 12.5. The van der Waals surface area contributed by atoms with Gasteiger partial charge in [-0.15, -0.1) is 0 Å². The van der Waals surface area contributed by atoms with Crippen molar-refractivity contribution in [3.63, 3.8) is 0 Å². The first-order chi connectivity index (χ1) is 13.0. The van der Waals surface area contributed by atoms with E-state index < -0.39 is 0 Å². The summed E-state index contributed by atoms with van der Waals surface area (Å²) in [5.74, 6) is 1.14. The molecule has 0 saturated heterocycles. The molecule has 2 aromatic rings. The number of amides is 2. The smallest absolute Gasteiger partial charge is 0.251 e. The van der Waals surface area contributed by atoms with E-state index in [9.17, 15) is 9.59 Å². The fourth-order valence-corrected chi connectivity index (χ4v) is 2.44. The van der Waals surface area contributed by atoms with Crippen LogP contribution >= 0.6 is 0 Å². The molecule has 0 aliphatic heterocycles. The quantitative estimate of drug-likeness (QED) is 0.701. The van der Waals surface area contributed by atoms with Crippen LogP contribution in [0.3, 0.4) is 0 Å². The fraction of sp³-hybridized carbons (Fsp3) is 0.300. The van der Waals surface area contributed by atoms with E-state index in [-0.39, 0.29) is 18.4 Å². The lowest BCUT2D eigenvalue weighted by Gasteiger charge is -2.10. The van der Waals surface area contributed by atoms with Gasteiger partial charge in [0.25, 0.3) is 5.91 Å². The van der Waals surface area contributed by atoms with Crippen LogP contribution in [-0.4, -0.2) is 46.2 Å². The van der Waals surface area contributed by atoms with Crippen LogP contribution in [0, 0.1) is 0 Å². The normalized spacial score (nSPS) is 10.0. The summed E-state index contributed by atoms with van der Waals surface area (Å²) in [7, 11) is 4.62. The molecule has 144 valence electrons. The van der Waals surface area contributed by atoms with Gasteiger partial charge in [-0.1, -0.05) is 12.1 Å². The number of hydrogen-bond donors (Lipinski definition) is 2. The number of ether oxygens (including phenoxy) is 3. The Morgan fingerprint density at radius 1 is 0.852 bits per heavy atom. The van der Waals surface area contributed by atoms with Crippen LogP contribution in [0.5, 0.6) is 17.2 Å². The van der Waals surface area contributed by atoms with E-state index in [0.29, 0.717) is 30.0 Å². The Hall–Kier alpha value is -3.22. The third-order valence-electron chi connectivity index (χ3n) is 3.89. The largest absolute Gasteiger partial charge is 0.497 e. The van der Waals surface area contributed by atoms with Crippen molar-refractivity contribution in [1.82, 2.24) is 10.6 Å². The molecule has 2 N–H and O–H groups in total. The third-order valence-corrected chi connectivity index (χ3v) is 3.89. The minimum Gasteiger partial charge on any atom is -0.497 e. The van der Waals surface area contributed by atoms with Crippen molar-refractivity contribution in [1.29, 1.82) is 0 Å². The Labute approximate surface area is 158 Å². The molecule has 0 radical (unpaired) electrons. The number of rotatable bonds is 9. The lowest BCUT2D eigenvalue weighted by atomic mass is 10.1. The fourth-order valence-electron chi connectivity index (χ4n) is 2.44. The molecule has 0 aromatic heterocycles. The molecule has 0 aliphatic rings. The zero-order chi connectivity index (χ0) is 19.6. The number of carbonyl (C=O) groups is 2. The molecule has 0 spiro atoms. The molecule has 7 nitrogen and oxygen atoms in total. The van der Waals surface area contributed by atoms with Crippen LogP contribution in [0.25, 0.3) is 0 Å². The highest BCUT2D eigenvalue weighted by Gasteiger charge is 2.11. The SMILES string of the molecule is COc1cccc(CCNC(=O)CNC(=O)c2cc(OC)cc(OC)c2)c1. The molecule has 27 heavy (non-hydrogen) atoms. The van der Waals surface area contributed by atoms with Crippen molar-refractivity contribution in [3.8, 4) is 17.2 Å². The summed E-state index contributed by atoms with van der Waals surface area (Å²) in [4.78, 5) is 24.2. The highest BCUT2D eigenvalue weighted by Crippen LogP contribution is 2.22. The average molecular weight is 372 g/mol. The lowest BCUT2D eigenvalue weighted by Crippen LogP contribution is -2.37. The number of methoxy groups -OCH3 is 3. The van der Waals surface area contributed by atoms with Crippen molar-refractivity contribution in [2.45, 2.75) is 6.42 Å². The van der Waals surface area contributed by atoms with Crippen molar-refractivity contribution in [2.24, 2.45) is 0 Å². The molecule has 0 bridgehead atoms. The molecule has 2 rings (SSSR count). The van der Waals surface area contributed by atoms with Gasteiger partial charge < -0.3 is 24.8 Å². The maximum atomic E-state index is 12.2. The summed E-state index contributed by atoms with van der Waals surface area (Å²) < 4.78 is 15.4. The van der Waals surface area contributed by atoms with E-state index in [4.69, 9.17) is 14.2 Å². The zero-order valence-corrected chi connectivity index (χ0v) is 15.7. The molecular weight excluding hydrogens is 348 g/mol. The van der Waals surface area contributed by atoms with Crippen LogP contribution < -0.4 is 24.8 Å². The Kier molecular flexibility index (Phi) is 7.49. The number of carbonyl (C=O) groups excluding carboxylic acids is 2. The first kappa shape index (κ1) is 20.1. The molecular formula is C20H24N2O5. The molecule has 7 heteroatoms. The first-order valence-electron chi connectivity index (χ1n) is 8.46. The van der Waals surface area contributed by atoms with Gasteiger partial charge in [0.1, 0.15) is 17.2 Å². The highest BCUT2D eigenvalue weighted by molar-refractivity contribution is 5.97. The van der Waals surface area contributed by atoms with Gasteiger partial charge in [0.15, 0.2) is 0 Å². The third kappa shape index (κ3) is 6.22. The second-order valence-corrected chi connectivity index (χ2v) is 5.74. The molecule has 2 amide bonds. The minimum absolute atomic E-state index is 0.115. The van der Waals surface area contributed by atoms with Gasteiger partial charge in [-0.3, -0.25) is 9.59 Å². The summed E-state index contributed by atoms with van der Waals surface area (Å²) in [5.41, 5.74) is 1.41. The van der Waals surface area contributed by atoms with Gasteiger partial charge in [0.2, 0.25) is 5.91 Å². The van der Waals surface area contributed by atoms with Gasteiger partial charge >= 0.3 is 0 Å². The van der Waals surface area contributed by atoms with Gasteiger partial charge in [-0.25, -0.2) is 0 Å². The molecule has 0 fully saturated rings. The van der Waals surface area contributed by atoms with Crippen LogP contribution in [0.2, 0.25) is 0 Å². The Bertz CT molecular complexity index is 769. The Balaban J connectivity index is 1.80. The van der Waals surface area contributed by atoms with Crippen molar-refractivity contribution >= 4 is 11.8 Å². The van der Waals surface area contributed by atoms with Crippen LogP contribution in [0.15, 0.2) is 42.5 Å². The molecule has 0 saturated carbocycles. The molecule has 2 aromatic carbocycles. The number of benzene rings is 2. The van der Waals surface area contributed by atoms with Gasteiger partial charge in [-0.2, -0.15) is 0 Å². The standard InChI is InChI=1S/C20H24N2O5/c1-25-16-6-4-5-14(9-16)7-8-21-19(23)13-22-20(24)15-10-17(26-2)12-18(11-15)27-3/h4-6,9-12H,7-8,13H2,1-3H3,(H,21,23)(H,22,24). The van der Waals surface area contributed by atoms with Crippen LogP contribution in [0.1, 0.15) is 15.9 Å². The Morgan fingerprint density at radius 2 is 1.52 bits per heavy atom. The van der Waals surface area contributed by atoms with E-state index in [1.807, 2.05) is 24.3 Å². The van der Waals surface area contributed by atoms with E-state index >= 15 is 0 Å². The average Bonchev–Trinajstić information content (AvgIpc) is 2.71. The van der Waals surface area contributed by atoms with Crippen LogP contribution in [-0.2, 0) is 11.2 Å². The molecule has 0 atom stereocenters. The van der Waals surface area contributed by atoms with Crippen molar-refractivity contribution in [3.05, 3.63) is 53.6 Å². The number of nitrogens with one attached hydrogen (secondary N) is 2. The zero-order valence-electron chi connectivity index (χ0n) is 15.7. The van der Waals surface area contributed by atoms with E-state index in [0.717, 1.165) is 11.3 Å². The molecule has 0 heterocycles. The summed E-state index contributed by atoms with van der Waals surface area (Å²) in [6.07, 6.45) is 0.671. The second-order valence-electron chi connectivity index (χ2n) is 5.74. The molecule has 0 unspecified atom stereocenters. The van der Waals surface area contributed by atoms with E-state index in [1.165, 1.54) is 14.2 Å². The summed E-state index contributed by atoms with van der Waals surface area (Å²) >= 11 is 0. The topological polar surface area (TPSA) is 85.9 Å². The van der Waals surface area contributed by atoms with Gasteiger partial charge in [0, 0.05) is 18.2 Å². The molecule has 0 aliphatic carbocycles. The number of hydrogen-bond acceptors (Lipinski definition) is 5. The predicted octanol–water partition coefficient (Wildman–Crippen LogP) is 1.80.